The van der Waals surface area contributed by atoms with Gasteiger partial charge in [-0.2, -0.15) is 0 Å². The monoisotopic (exact) mass is 274 g/mol. The number of hydrogen-bond acceptors (Lipinski definition) is 3. The molecule has 0 bridgehead atoms. The lowest BCUT2D eigenvalue weighted by molar-refractivity contribution is -0.123. The van der Waals surface area contributed by atoms with Crippen molar-refractivity contribution < 1.29 is 9.53 Å². The van der Waals surface area contributed by atoms with Gasteiger partial charge in [0.05, 0.1) is 13.2 Å². The van der Waals surface area contributed by atoms with Gasteiger partial charge in [-0.1, -0.05) is 38.1 Å². The molecule has 1 amide bonds. The van der Waals surface area contributed by atoms with Gasteiger partial charge in [-0.15, -0.1) is 0 Å². The summed E-state index contributed by atoms with van der Waals surface area (Å²) in [6.07, 6.45) is 3.40. The first-order valence-corrected chi connectivity index (χ1v) is 7.06. The smallest absolute Gasteiger partial charge is 0.258 e. The number of amides is 1. The van der Waals surface area contributed by atoms with Crippen molar-refractivity contribution in [3.05, 3.63) is 41.5 Å². The van der Waals surface area contributed by atoms with E-state index in [1.165, 1.54) is 5.56 Å². The van der Waals surface area contributed by atoms with Gasteiger partial charge < -0.3 is 4.74 Å². The third-order valence-electron chi connectivity index (χ3n) is 3.31. The van der Waals surface area contributed by atoms with Crippen molar-refractivity contribution in [3.63, 3.8) is 0 Å². The first-order valence-electron chi connectivity index (χ1n) is 7.06. The minimum Gasteiger partial charge on any atom is -0.379 e. The van der Waals surface area contributed by atoms with Crippen LogP contribution in [0.4, 0.5) is 0 Å². The van der Waals surface area contributed by atoms with E-state index in [9.17, 15) is 4.79 Å². The normalized spacial score (nSPS) is 16.8. The third-order valence-corrected chi connectivity index (χ3v) is 3.31. The van der Waals surface area contributed by atoms with Crippen LogP contribution in [0.1, 0.15) is 30.9 Å². The molecule has 108 valence electrons. The van der Waals surface area contributed by atoms with Crippen LogP contribution in [-0.4, -0.2) is 37.2 Å². The molecule has 1 aliphatic heterocycles. The molecule has 1 aliphatic rings. The number of rotatable bonds is 4. The Morgan fingerprint density at radius 3 is 2.50 bits per heavy atom. The summed E-state index contributed by atoms with van der Waals surface area (Å²) >= 11 is 0. The molecule has 1 N–H and O–H groups in total. The Labute approximate surface area is 120 Å². The number of nitrogens with zero attached hydrogens (tertiary/aromatic N) is 1. The van der Waals surface area contributed by atoms with Crippen molar-refractivity contribution in [2.75, 3.05) is 26.3 Å². The van der Waals surface area contributed by atoms with Crippen LogP contribution in [0.3, 0.4) is 0 Å². The summed E-state index contributed by atoms with van der Waals surface area (Å²) in [6, 6.07) is 8.27. The average Bonchev–Trinajstić information content (AvgIpc) is 2.46. The van der Waals surface area contributed by atoms with Crippen LogP contribution in [0, 0.1) is 0 Å². The SMILES string of the molecule is CC(C)c1ccc(C=CC(=O)NN2CCOCC2)cc1. The summed E-state index contributed by atoms with van der Waals surface area (Å²) < 4.78 is 5.23. The van der Waals surface area contributed by atoms with Crippen molar-refractivity contribution in [2.24, 2.45) is 0 Å². The highest BCUT2D eigenvalue weighted by Crippen LogP contribution is 2.15. The second-order valence-electron chi connectivity index (χ2n) is 5.23. The molecule has 4 heteroatoms. The number of carbonyl (C=O) groups is 1. The van der Waals surface area contributed by atoms with Gasteiger partial charge >= 0.3 is 0 Å². The summed E-state index contributed by atoms with van der Waals surface area (Å²) in [5.74, 6) is 0.428. The molecule has 0 radical (unpaired) electrons. The van der Waals surface area contributed by atoms with Crippen molar-refractivity contribution in [1.82, 2.24) is 10.4 Å². The van der Waals surface area contributed by atoms with E-state index in [1.807, 2.05) is 23.2 Å². The van der Waals surface area contributed by atoms with E-state index in [1.54, 1.807) is 6.08 Å². The van der Waals surface area contributed by atoms with E-state index in [2.05, 4.69) is 31.4 Å². The van der Waals surface area contributed by atoms with Gasteiger partial charge in [-0.25, -0.2) is 5.01 Å². The molecule has 20 heavy (non-hydrogen) atoms. The zero-order valence-corrected chi connectivity index (χ0v) is 12.1. The van der Waals surface area contributed by atoms with Crippen molar-refractivity contribution >= 4 is 12.0 Å². The van der Waals surface area contributed by atoms with Gasteiger partial charge in [0.2, 0.25) is 0 Å². The number of nitrogens with one attached hydrogen (secondary N) is 1. The fourth-order valence-electron chi connectivity index (χ4n) is 2.03. The highest BCUT2D eigenvalue weighted by molar-refractivity contribution is 5.91. The van der Waals surface area contributed by atoms with Crippen LogP contribution in [0.2, 0.25) is 0 Å². The van der Waals surface area contributed by atoms with E-state index < -0.39 is 0 Å². The van der Waals surface area contributed by atoms with Crippen molar-refractivity contribution in [3.8, 4) is 0 Å². The number of carbonyl (C=O) groups excluding carboxylic acids is 1. The van der Waals surface area contributed by atoms with Crippen LogP contribution in [0.15, 0.2) is 30.3 Å². The molecule has 1 heterocycles. The van der Waals surface area contributed by atoms with Crippen LogP contribution in [-0.2, 0) is 9.53 Å². The van der Waals surface area contributed by atoms with Crippen molar-refractivity contribution in [1.29, 1.82) is 0 Å². The minimum absolute atomic E-state index is 0.0974. The average molecular weight is 274 g/mol. The van der Waals surface area contributed by atoms with E-state index in [0.29, 0.717) is 19.1 Å². The maximum atomic E-state index is 11.8. The van der Waals surface area contributed by atoms with E-state index >= 15 is 0 Å². The molecular weight excluding hydrogens is 252 g/mol. The second-order valence-corrected chi connectivity index (χ2v) is 5.23. The molecule has 0 atom stereocenters. The van der Waals surface area contributed by atoms with Crippen molar-refractivity contribution in [2.45, 2.75) is 19.8 Å². The number of ether oxygens (including phenoxy) is 1. The van der Waals surface area contributed by atoms with Crippen LogP contribution < -0.4 is 5.43 Å². The minimum atomic E-state index is -0.0974. The Kier molecular flexibility index (Phi) is 5.32. The summed E-state index contributed by atoms with van der Waals surface area (Å²) in [6.45, 7) is 7.15. The van der Waals surface area contributed by atoms with Gasteiger partial charge in [-0.05, 0) is 23.1 Å². The Bertz CT molecular complexity index is 460. The summed E-state index contributed by atoms with van der Waals surface area (Å²) in [7, 11) is 0. The lowest BCUT2D eigenvalue weighted by atomic mass is 10.0. The summed E-state index contributed by atoms with van der Waals surface area (Å²) in [4.78, 5) is 11.8. The first kappa shape index (κ1) is 14.8. The zero-order valence-electron chi connectivity index (χ0n) is 12.1. The molecule has 4 nitrogen and oxygen atoms in total. The molecule has 1 saturated heterocycles. The molecule has 0 unspecified atom stereocenters. The standard InChI is InChI=1S/C16H22N2O2/c1-13(2)15-6-3-14(4-7-15)5-8-16(19)17-18-9-11-20-12-10-18/h3-8,13H,9-12H2,1-2H3,(H,17,19). The topological polar surface area (TPSA) is 41.6 Å². The Morgan fingerprint density at radius 2 is 1.90 bits per heavy atom. The highest BCUT2D eigenvalue weighted by atomic mass is 16.5. The predicted octanol–water partition coefficient (Wildman–Crippen LogP) is 2.19. The number of morpholine rings is 1. The maximum absolute atomic E-state index is 11.8. The van der Waals surface area contributed by atoms with Gasteiger partial charge in [0.25, 0.3) is 5.91 Å². The van der Waals surface area contributed by atoms with Crippen LogP contribution in [0.5, 0.6) is 0 Å². The number of benzene rings is 1. The maximum Gasteiger partial charge on any atom is 0.258 e. The number of hydrogen-bond donors (Lipinski definition) is 1. The van der Waals surface area contributed by atoms with Crippen LogP contribution in [0.25, 0.3) is 6.08 Å². The van der Waals surface area contributed by atoms with Gasteiger partial charge in [-0.3, -0.25) is 10.2 Å². The predicted molar refractivity (Wildman–Crippen MR) is 80.1 cm³/mol. The fraction of sp³-hybridized carbons (Fsp3) is 0.438. The van der Waals surface area contributed by atoms with Gasteiger partial charge in [0.15, 0.2) is 0 Å². The zero-order chi connectivity index (χ0) is 14.4. The molecule has 0 aliphatic carbocycles. The largest absolute Gasteiger partial charge is 0.379 e. The fourth-order valence-corrected chi connectivity index (χ4v) is 2.03. The molecule has 1 aromatic rings. The van der Waals surface area contributed by atoms with E-state index in [0.717, 1.165) is 18.7 Å². The Morgan fingerprint density at radius 1 is 1.25 bits per heavy atom. The molecular formula is C16H22N2O2. The quantitative estimate of drug-likeness (QED) is 0.856. The Balaban J connectivity index is 1.86. The summed E-state index contributed by atoms with van der Waals surface area (Å²) in [5.41, 5.74) is 5.19. The molecule has 0 aromatic heterocycles. The Hall–Kier alpha value is -1.65. The lowest BCUT2D eigenvalue weighted by Crippen LogP contribution is -2.47. The molecule has 1 aromatic carbocycles. The van der Waals surface area contributed by atoms with Gasteiger partial charge in [0.1, 0.15) is 0 Å². The second kappa shape index (κ2) is 7.22. The molecule has 1 fully saturated rings. The first-order chi connectivity index (χ1) is 9.65. The van der Waals surface area contributed by atoms with E-state index in [-0.39, 0.29) is 5.91 Å². The highest BCUT2D eigenvalue weighted by Gasteiger charge is 2.11. The molecule has 2 rings (SSSR count). The number of hydrazine groups is 1. The van der Waals surface area contributed by atoms with Gasteiger partial charge in [0, 0.05) is 19.2 Å². The summed E-state index contributed by atoms with van der Waals surface area (Å²) in [5, 5.41) is 1.89. The van der Waals surface area contributed by atoms with Crippen LogP contribution >= 0.6 is 0 Å². The molecule has 0 saturated carbocycles. The third kappa shape index (κ3) is 4.47. The van der Waals surface area contributed by atoms with E-state index in [4.69, 9.17) is 4.74 Å². The lowest BCUT2D eigenvalue weighted by Gasteiger charge is -2.26. The molecule has 0 spiro atoms.